The van der Waals surface area contributed by atoms with E-state index in [0.717, 1.165) is 0 Å². The van der Waals surface area contributed by atoms with Crippen LogP contribution in [0.5, 0.6) is 0 Å². The summed E-state index contributed by atoms with van der Waals surface area (Å²) in [5.74, 6) is -0.276. The van der Waals surface area contributed by atoms with Crippen molar-refractivity contribution in [1.29, 1.82) is 0 Å². The van der Waals surface area contributed by atoms with E-state index in [1.54, 1.807) is 20.8 Å². The molecule has 1 heterocycles. The van der Waals surface area contributed by atoms with Crippen LogP contribution in [0.4, 0.5) is 4.79 Å². The molecule has 0 saturated carbocycles. The van der Waals surface area contributed by atoms with Crippen molar-refractivity contribution in [2.45, 2.75) is 32.8 Å². The summed E-state index contributed by atoms with van der Waals surface area (Å²) >= 11 is 0. The van der Waals surface area contributed by atoms with E-state index in [1.165, 1.54) is 18.3 Å². The van der Waals surface area contributed by atoms with Gasteiger partial charge in [0.25, 0.3) is 5.91 Å². The zero-order valence-corrected chi connectivity index (χ0v) is 13.0. The lowest BCUT2D eigenvalue weighted by Gasteiger charge is -2.19. The molecule has 0 unspecified atom stereocenters. The summed E-state index contributed by atoms with van der Waals surface area (Å²) in [5, 5.41) is 5.30. The summed E-state index contributed by atoms with van der Waals surface area (Å²) in [5.41, 5.74) is 0.128. The van der Waals surface area contributed by atoms with Crippen molar-refractivity contribution in [3.05, 3.63) is 29.6 Å². The number of hydrogen-bond donors (Lipinski definition) is 2. The fourth-order valence-corrected chi connectivity index (χ4v) is 1.51. The van der Waals surface area contributed by atoms with E-state index in [2.05, 4.69) is 15.6 Å². The monoisotopic (exact) mass is 307 g/mol. The van der Waals surface area contributed by atoms with Crippen molar-refractivity contribution in [3.8, 4) is 0 Å². The van der Waals surface area contributed by atoms with Crippen LogP contribution in [0.15, 0.2) is 18.3 Å². The van der Waals surface area contributed by atoms with Gasteiger partial charge in [0.15, 0.2) is 6.29 Å². The second-order valence-electron chi connectivity index (χ2n) is 5.63. The van der Waals surface area contributed by atoms with Crippen molar-refractivity contribution < 1.29 is 19.1 Å². The van der Waals surface area contributed by atoms with Crippen LogP contribution in [0.2, 0.25) is 0 Å². The van der Waals surface area contributed by atoms with Crippen molar-refractivity contribution in [1.82, 2.24) is 15.6 Å². The maximum atomic E-state index is 11.8. The molecule has 0 atom stereocenters. The normalized spacial score (nSPS) is 10.7. The highest BCUT2D eigenvalue weighted by Gasteiger charge is 2.15. The number of hydrogen-bond acceptors (Lipinski definition) is 5. The van der Waals surface area contributed by atoms with Crippen molar-refractivity contribution in [2.75, 3.05) is 13.1 Å². The quantitative estimate of drug-likeness (QED) is 0.613. The van der Waals surface area contributed by atoms with Gasteiger partial charge in [-0.05, 0) is 39.3 Å². The van der Waals surface area contributed by atoms with Crippen molar-refractivity contribution in [3.63, 3.8) is 0 Å². The van der Waals surface area contributed by atoms with Gasteiger partial charge in [0.2, 0.25) is 0 Å². The lowest BCUT2D eigenvalue weighted by Crippen LogP contribution is -2.34. The van der Waals surface area contributed by atoms with Crippen LogP contribution in [0, 0.1) is 0 Å². The second-order valence-corrected chi connectivity index (χ2v) is 5.63. The number of aldehydes is 1. The Bertz CT molecular complexity index is 521. The SMILES string of the molecule is CC(C)(C)OC(=O)NCCCNC(=O)c1ccc(C=O)nc1. The average Bonchev–Trinajstić information content (AvgIpc) is 2.45. The Morgan fingerprint density at radius 2 is 1.91 bits per heavy atom. The van der Waals surface area contributed by atoms with Crippen LogP contribution in [0.1, 0.15) is 48.0 Å². The smallest absolute Gasteiger partial charge is 0.407 e. The van der Waals surface area contributed by atoms with Crippen LogP contribution < -0.4 is 10.6 Å². The molecule has 1 aromatic heterocycles. The maximum absolute atomic E-state index is 11.8. The second kappa shape index (κ2) is 8.11. The fraction of sp³-hybridized carbons (Fsp3) is 0.467. The zero-order valence-electron chi connectivity index (χ0n) is 13.0. The van der Waals surface area contributed by atoms with Gasteiger partial charge >= 0.3 is 6.09 Å². The van der Waals surface area contributed by atoms with Gasteiger partial charge < -0.3 is 15.4 Å². The summed E-state index contributed by atoms with van der Waals surface area (Å²) in [4.78, 5) is 37.4. The van der Waals surface area contributed by atoms with Gasteiger partial charge in [-0.15, -0.1) is 0 Å². The molecule has 7 heteroatoms. The molecular formula is C15H21N3O4. The highest BCUT2D eigenvalue weighted by atomic mass is 16.6. The lowest BCUT2D eigenvalue weighted by atomic mass is 10.2. The summed E-state index contributed by atoms with van der Waals surface area (Å²) < 4.78 is 5.08. The summed E-state index contributed by atoms with van der Waals surface area (Å²) in [7, 11) is 0. The molecule has 0 spiro atoms. The van der Waals surface area contributed by atoms with Gasteiger partial charge in [-0.2, -0.15) is 0 Å². The number of pyridine rings is 1. The van der Waals surface area contributed by atoms with E-state index in [1.807, 2.05) is 0 Å². The summed E-state index contributed by atoms with van der Waals surface area (Å²) in [6.07, 6.45) is 2.06. The molecule has 0 bridgehead atoms. The predicted molar refractivity (Wildman–Crippen MR) is 80.8 cm³/mol. The molecule has 22 heavy (non-hydrogen) atoms. The van der Waals surface area contributed by atoms with E-state index in [0.29, 0.717) is 31.4 Å². The van der Waals surface area contributed by atoms with Gasteiger partial charge in [-0.3, -0.25) is 14.6 Å². The van der Waals surface area contributed by atoms with E-state index in [-0.39, 0.29) is 11.6 Å². The van der Waals surface area contributed by atoms with Gasteiger partial charge in [0.1, 0.15) is 11.3 Å². The van der Waals surface area contributed by atoms with Gasteiger partial charge in [-0.25, -0.2) is 4.79 Å². The van der Waals surface area contributed by atoms with Gasteiger partial charge in [0.05, 0.1) is 5.56 Å². The molecule has 2 N–H and O–H groups in total. The number of carbonyl (C=O) groups excluding carboxylic acids is 3. The lowest BCUT2D eigenvalue weighted by molar-refractivity contribution is 0.0527. The Morgan fingerprint density at radius 3 is 2.45 bits per heavy atom. The molecule has 0 aliphatic rings. The number of aromatic nitrogens is 1. The summed E-state index contributed by atoms with van der Waals surface area (Å²) in [6.45, 7) is 6.17. The minimum atomic E-state index is -0.529. The summed E-state index contributed by atoms with van der Waals surface area (Å²) in [6, 6.07) is 3.01. The van der Waals surface area contributed by atoms with E-state index >= 15 is 0 Å². The molecule has 0 aliphatic heterocycles. The molecule has 7 nitrogen and oxygen atoms in total. The van der Waals surface area contributed by atoms with Crippen LogP contribution in [0.25, 0.3) is 0 Å². The molecule has 2 amide bonds. The number of alkyl carbamates (subject to hydrolysis) is 1. The van der Waals surface area contributed by atoms with E-state index in [4.69, 9.17) is 4.74 Å². The number of nitrogens with zero attached hydrogens (tertiary/aromatic N) is 1. The van der Waals surface area contributed by atoms with Crippen LogP contribution in [-0.2, 0) is 4.74 Å². The topological polar surface area (TPSA) is 97.4 Å². The molecular weight excluding hydrogens is 286 g/mol. The number of ether oxygens (including phenoxy) is 1. The molecule has 0 saturated heterocycles. The molecule has 0 fully saturated rings. The molecule has 0 aliphatic carbocycles. The first kappa shape index (κ1) is 17.6. The number of carbonyl (C=O) groups is 3. The largest absolute Gasteiger partial charge is 0.444 e. The van der Waals surface area contributed by atoms with E-state index < -0.39 is 11.7 Å². The zero-order chi connectivity index (χ0) is 16.6. The average molecular weight is 307 g/mol. The minimum absolute atomic E-state index is 0.276. The third kappa shape index (κ3) is 6.83. The van der Waals surface area contributed by atoms with Crippen molar-refractivity contribution >= 4 is 18.3 Å². The molecule has 1 aromatic rings. The first-order valence-corrected chi connectivity index (χ1v) is 6.98. The first-order chi connectivity index (χ1) is 10.3. The third-order valence-electron chi connectivity index (χ3n) is 2.48. The van der Waals surface area contributed by atoms with E-state index in [9.17, 15) is 14.4 Å². The van der Waals surface area contributed by atoms with Gasteiger partial charge in [-0.1, -0.05) is 0 Å². The van der Waals surface area contributed by atoms with Gasteiger partial charge in [0, 0.05) is 19.3 Å². The predicted octanol–water partition coefficient (Wildman–Crippen LogP) is 1.54. The molecule has 1 rings (SSSR count). The Labute approximate surface area is 129 Å². The van der Waals surface area contributed by atoms with Crippen LogP contribution >= 0.6 is 0 Å². The number of amides is 2. The highest BCUT2D eigenvalue weighted by molar-refractivity contribution is 5.94. The Balaban J connectivity index is 2.22. The minimum Gasteiger partial charge on any atom is -0.444 e. The molecule has 0 radical (unpaired) electrons. The fourth-order valence-electron chi connectivity index (χ4n) is 1.51. The Morgan fingerprint density at radius 1 is 1.23 bits per heavy atom. The van der Waals surface area contributed by atoms with Crippen LogP contribution in [-0.4, -0.2) is 42.0 Å². The van der Waals surface area contributed by atoms with Crippen molar-refractivity contribution in [2.24, 2.45) is 0 Å². The number of rotatable bonds is 6. The maximum Gasteiger partial charge on any atom is 0.407 e. The molecule has 0 aromatic carbocycles. The first-order valence-electron chi connectivity index (χ1n) is 6.98. The van der Waals surface area contributed by atoms with Crippen LogP contribution in [0.3, 0.4) is 0 Å². The molecule has 120 valence electrons. The standard InChI is InChI=1S/C15H21N3O4/c1-15(2,3)22-14(21)17-8-4-7-16-13(20)11-5-6-12(10-19)18-9-11/h5-6,9-10H,4,7-8H2,1-3H3,(H,16,20)(H,17,21). The number of nitrogens with one attached hydrogen (secondary N) is 2. The third-order valence-corrected chi connectivity index (χ3v) is 2.48. The highest BCUT2D eigenvalue weighted by Crippen LogP contribution is 2.06. The Hall–Kier alpha value is -2.44. The Kier molecular flexibility index (Phi) is 6.49.